The SMILES string of the molecule is CNC(=O)C(CC(C)C)NC(=O)c1cc(C2CC2)nc2onc(C)c12. The lowest BCUT2D eigenvalue weighted by molar-refractivity contribution is -0.122. The fourth-order valence-electron chi connectivity index (χ4n) is 2.99. The molecule has 0 saturated heterocycles. The van der Waals surface area contributed by atoms with Crippen molar-refractivity contribution >= 4 is 22.9 Å². The van der Waals surface area contributed by atoms with Crippen molar-refractivity contribution in [3.8, 4) is 0 Å². The van der Waals surface area contributed by atoms with Gasteiger partial charge in [0.25, 0.3) is 11.6 Å². The van der Waals surface area contributed by atoms with Crippen LogP contribution in [0, 0.1) is 12.8 Å². The van der Waals surface area contributed by atoms with Gasteiger partial charge in [0.05, 0.1) is 16.6 Å². The highest BCUT2D eigenvalue weighted by atomic mass is 16.5. The van der Waals surface area contributed by atoms with Crippen LogP contribution in [0.3, 0.4) is 0 Å². The Balaban J connectivity index is 1.94. The van der Waals surface area contributed by atoms with Crippen molar-refractivity contribution in [2.24, 2.45) is 5.92 Å². The van der Waals surface area contributed by atoms with Gasteiger partial charge in [-0.05, 0) is 38.2 Å². The van der Waals surface area contributed by atoms with Gasteiger partial charge in [0.1, 0.15) is 6.04 Å². The molecule has 0 spiro atoms. The van der Waals surface area contributed by atoms with E-state index >= 15 is 0 Å². The van der Waals surface area contributed by atoms with Crippen molar-refractivity contribution in [3.05, 3.63) is 23.0 Å². The Morgan fingerprint density at radius 2 is 2.08 bits per heavy atom. The van der Waals surface area contributed by atoms with Crippen LogP contribution in [0.5, 0.6) is 0 Å². The lowest BCUT2D eigenvalue weighted by atomic mass is 10.0. The fourth-order valence-corrected chi connectivity index (χ4v) is 2.99. The molecule has 1 aliphatic rings. The summed E-state index contributed by atoms with van der Waals surface area (Å²) < 4.78 is 5.28. The lowest BCUT2D eigenvalue weighted by Gasteiger charge is -2.19. The molecule has 1 atom stereocenters. The van der Waals surface area contributed by atoms with Crippen molar-refractivity contribution in [2.45, 2.75) is 52.0 Å². The van der Waals surface area contributed by atoms with E-state index in [1.807, 2.05) is 19.9 Å². The number of aryl methyl sites for hydroxylation is 1. The third kappa shape index (κ3) is 3.65. The molecule has 0 bridgehead atoms. The predicted molar refractivity (Wildman–Crippen MR) is 93.3 cm³/mol. The molecule has 2 aromatic heterocycles. The van der Waals surface area contributed by atoms with Crippen LogP contribution in [-0.4, -0.2) is 35.0 Å². The number of nitrogens with zero attached hydrogens (tertiary/aromatic N) is 2. The molecule has 2 amide bonds. The van der Waals surface area contributed by atoms with Crippen LogP contribution in [-0.2, 0) is 4.79 Å². The number of rotatable bonds is 6. The van der Waals surface area contributed by atoms with Gasteiger partial charge >= 0.3 is 0 Å². The predicted octanol–water partition coefficient (Wildman–Crippen LogP) is 2.30. The smallest absolute Gasteiger partial charge is 0.259 e. The topological polar surface area (TPSA) is 97.1 Å². The molecule has 7 heteroatoms. The molecule has 2 N–H and O–H groups in total. The number of carbonyl (C=O) groups is 2. The summed E-state index contributed by atoms with van der Waals surface area (Å²) in [5, 5.41) is 10.0. The Kier molecular flexibility index (Phi) is 4.74. The second-order valence-corrected chi connectivity index (χ2v) is 7.09. The van der Waals surface area contributed by atoms with Crippen LogP contribution in [0.15, 0.2) is 10.6 Å². The van der Waals surface area contributed by atoms with E-state index < -0.39 is 6.04 Å². The normalized spacial score (nSPS) is 15.4. The van der Waals surface area contributed by atoms with Gasteiger partial charge in [0, 0.05) is 18.7 Å². The van der Waals surface area contributed by atoms with Crippen LogP contribution < -0.4 is 10.6 Å². The number of pyridine rings is 1. The van der Waals surface area contributed by atoms with Gasteiger partial charge < -0.3 is 15.2 Å². The minimum atomic E-state index is -0.578. The highest BCUT2D eigenvalue weighted by Crippen LogP contribution is 2.40. The van der Waals surface area contributed by atoms with Crippen molar-refractivity contribution in [2.75, 3.05) is 7.05 Å². The second kappa shape index (κ2) is 6.82. The lowest BCUT2D eigenvalue weighted by Crippen LogP contribution is -2.46. The summed E-state index contributed by atoms with van der Waals surface area (Å²) in [6.45, 7) is 5.82. The van der Waals surface area contributed by atoms with Crippen molar-refractivity contribution in [1.29, 1.82) is 0 Å². The van der Waals surface area contributed by atoms with Gasteiger partial charge in [0.2, 0.25) is 5.91 Å². The molecule has 134 valence electrons. The third-order valence-corrected chi connectivity index (χ3v) is 4.45. The van der Waals surface area contributed by atoms with Crippen molar-refractivity contribution in [3.63, 3.8) is 0 Å². The van der Waals surface area contributed by atoms with Crippen LogP contribution in [0.25, 0.3) is 11.1 Å². The first kappa shape index (κ1) is 17.4. The Labute approximate surface area is 146 Å². The maximum Gasteiger partial charge on any atom is 0.259 e. The summed E-state index contributed by atoms with van der Waals surface area (Å²) in [6, 6.07) is 1.24. The summed E-state index contributed by atoms with van der Waals surface area (Å²) in [5.41, 5.74) is 2.33. The second-order valence-electron chi connectivity index (χ2n) is 7.09. The summed E-state index contributed by atoms with van der Waals surface area (Å²) in [4.78, 5) is 29.5. The Hall–Kier alpha value is -2.44. The molecule has 1 saturated carbocycles. The molecular formula is C18H24N4O3. The summed E-state index contributed by atoms with van der Waals surface area (Å²) in [7, 11) is 1.57. The minimum Gasteiger partial charge on any atom is -0.357 e. The first-order valence-electron chi connectivity index (χ1n) is 8.70. The van der Waals surface area contributed by atoms with Crippen LogP contribution in [0.1, 0.15) is 60.8 Å². The largest absolute Gasteiger partial charge is 0.357 e. The number of fused-ring (bicyclic) bond motifs is 1. The number of likely N-dealkylation sites (N-methyl/N-ethyl adjacent to an activating group) is 1. The van der Waals surface area contributed by atoms with Crippen LogP contribution in [0.4, 0.5) is 0 Å². The zero-order valence-electron chi connectivity index (χ0n) is 15.0. The zero-order valence-corrected chi connectivity index (χ0v) is 15.0. The Morgan fingerprint density at radius 1 is 1.36 bits per heavy atom. The van der Waals surface area contributed by atoms with Gasteiger partial charge in [-0.3, -0.25) is 9.59 Å². The Morgan fingerprint density at radius 3 is 2.68 bits per heavy atom. The number of hydrogen-bond acceptors (Lipinski definition) is 5. The van der Waals surface area contributed by atoms with Gasteiger partial charge in [0.15, 0.2) is 0 Å². The molecule has 0 aromatic carbocycles. The highest BCUT2D eigenvalue weighted by molar-refractivity contribution is 6.07. The first-order valence-corrected chi connectivity index (χ1v) is 8.70. The summed E-state index contributed by atoms with van der Waals surface area (Å²) in [6.07, 6.45) is 2.71. The van der Waals surface area contributed by atoms with E-state index in [-0.39, 0.29) is 17.7 Å². The standard InChI is InChI=1S/C18H24N4O3/c1-9(2)7-14(17(24)19-4)20-16(23)12-8-13(11-5-6-11)21-18-15(12)10(3)22-25-18/h8-9,11,14H,5-7H2,1-4H3,(H,19,24)(H,20,23). The molecule has 0 aliphatic heterocycles. The van der Waals surface area contributed by atoms with Gasteiger partial charge in [-0.1, -0.05) is 19.0 Å². The number of carbonyl (C=O) groups excluding carboxylic acids is 2. The number of nitrogens with one attached hydrogen (secondary N) is 2. The van der Waals surface area contributed by atoms with Gasteiger partial charge in [-0.25, -0.2) is 4.98 Å². The minimum absolute atomic E-state index is 0.197. The molecule has 25 heavy (non-hydrogen) atoms. The number of aromatic nitrogens is 2. The molecule has 2 aromatic rings. The number of hydrogen-bond donors (Lipinski definition) is 2. The van der Waals surface area contributed by atoms with E-state index in [0.29, 0.717) is 34.7 Å². The molecule has 1 fully saturated rings. The molecule has 7 nitrogen and oxygen atoms in total. The monoisotopic (exact) mass is 344 g/mol. The molecule has 1 aliphatic carbocycles. The average Bonchev–Trinajstić information content (AvgIpc) is 3.36. The average molecular weight is 344 g/mol. The van der Waals surface area contributed by atoms with E-state index in [4.69, 9.17) is 4.52 Å². The fraction of sp³-hybridized carbons (Fsp3) is 0.556. The van der Waals surface area contributed by atoms with E-state index in [0.717, 1.165) is 18.5 Å². The van der Waals surface area contributed by atoms with Crippen molar-refractivity contribution in [1.82, 2.24) is 20.8 Å². The quantitative estimate of drug-likeness (QED) is 0.838. The molecule has 2 heterocycles. The maximum absolute atomic E-state index is 12.9. The van der Waals surface area contributed by atoms with Crippen LogP contribution in [0.2, 0.25) is 0 Å². The summed E-state index contributed by atoms with van der Waals surface area (Å²) >= 11 is 0. The molecule has 3 rings (SSSR count). The van der Waals surface area contributed by atoms with Gasteiger partial charge in [-0.15, -0.1) is 0 Å². The van der Waals surface area contributed by atoms with Gasteiger partial charge in [-0.2, -0.15) is 0 Å². The van der Waals surface area contributed by atoms with E-state index in [9.17, 15) is 9.59 Å². The van der Waals surface area contributed by atoms with Crippen molar-refractivity contribution < 1.29 is 14.1 Å². The summed E-state index contributed by atoms with van der Waals surface area (Å²) in [5.74, 6) is 0.165. The Bertz CT molecular complexity index is 808. The van der Waals surface area contributed by atoms with E-state index in [1.54, 1.807) is 14.0 Å². The molecule has 1 unspecified atom stereocenters. The maximum atomic E-state index is 12.9. The van der Waals surface area contributed by atoms with E-state index in [1.165, 1.54) is 0 Å². The first-order chi connectivity index (χ1) is 11.9. The third-order valence-electron chi connectivity index (χ3n) is 4.45. The number of amides is 2. The highest BCUT2D eigenvalue weighted by Gasteiger charge is 2.30. The molecular weight excluding hydrogens is 320 g/mol. The zero-order chi connectivity index (χ0) is 18.1. The van der Waals surface area contributed by atoms with Crippen LogP contribution >= 0.6 is 0 Å². The molecule has 0 radical (unpaired) electrons. The van der Waals surface area contributed by atoms with E-state index in [2.05, 4.69) is 20.8 Å².